The van der Waals surface area contributed by atoms with Crippen molar-refractivity contribution in [2.75, 3.05) is 18.5 Å². The maximum atomic E-state index is 9.20. The number of hydrogen-bond donors (Lipinski definition) is 3. The maximum absolute atomic E-state index is 9.20. The number of imidazole rings is 1. The van der Waals surface area contributed by atoms with Crippen molar-refractivity contribution in [3.8, 4) is 0 Å². The van der Waals surface area contributed by atoms with Crippen LogP contribution < -0.4 is 5.32 Å². The van der Waals surface area contributed by atoms with Gasteiger partial charge in [-0.25, -0.2) is 4.98 Å². The molecule has 0 spiro atoms. The number of hydrogen-bond acceptors (Lipinski definition) is 4. The Morgan fingerprint density at radius 3 is 3.06 bits per heavy atom. The first kappa shape index (κ1) is 10.9. The summed E-state index contributed by atoms with van der Waals surface area (Å²) < 4.78 is 1.95. The summed E-state index contributed by atoms with van der Waals surface area (Å²) >= 11 is 0. The van der Waals surface area contributed by atoms with E-state index >= 15 is 0 Å². The number of aryl methyl sites for hydroxylation is 1. The van der Waals surface area contributed by atoms with Crippen molar-refractivity contribution in [2.24, 2.45) is 7.05 Å². The molecular weight excluding hydrogens is 206 g/mol. The monoisotopic (exact) mass is 221 g/mol. The molecule has 0 amide bonds. The Morgan fingerprint density at radius 2 is 2.31 bits per heavy atom. The van der Waals surface area contributed by atoms with Gasteiger partial charge in [-0.05, 0) is 18.2 Å². The summed E-state index contributed by atoms with van der Waals surface area (Å²) in [5, 5.41) is 20.9. The van der Waals surface area contributed by atoms with Crippen LogP contribution in [0.3, 0.4) is 0 Å². The third-order valence-corrected chi connectivity index (χ3v) is 2.48. The van der Waals surface area contributed by atoms with Crippen LogP contribution in [0, 0.1) is 0 Å². The highest BCUT2D eigenvalue weighted by Crippen LogP contribution is 2.17. The molecule has 0 radical (unpaired) electrons. The highest BCUT2D eigenvalue weighted by molar-refractivity contribution is 5.79. The summed E-state index contributed by atoms with van der Waals surface area (Å²) in [5.41, 5.74) is 2.86. The zero-order valence-electron chi connectivity index (χ0n) is 9.09. The molecule has 2 aromatic rings. The lowest BCUT2D eigenvalue weighted by atomic mass is 10.2. The van der Waals surface area contributed by atoms with E-state index in [0.29, 0.717) is 6.54 Å². The molecule has 0 fully saturated rings. The minimum atomic E-state index is -0.737. The molecule has 2 rings (SSSR count). The first-order valence-corrected chi connectivity index (χ1v) is 5.14. The lowest BCUT2D eigenvalue weighted by Gasteiger charge is -2.10. The Labute approximate surface area is 93.3 Å². The highest BCUT2D eigenvalue weighted by atomic mass is 16.3. The Hall–Kier alpha value is -1.59. The van der Waals surface area contributed by atoms with Gasteiger partial charge in [0.25, 0.3) is 0 Å². The zero-order chi connectivity index (χ0) is 11.5. The Bertz CT molecular complexity index is 481. The predicted octanol–water partition coefficient (Wildman–Crippen LogP) is 0.338. The number of anilines is 1. The van der Waals surface area contributed by atoms with Crippen LogP contribution in [0.1, 0.15) is 0 Å². The van der Waals surface area contributed by atoms with E-state index in [0.717, 1.165) is 16.7 Å². The molecule has 16 heavy (non-hydrogen) atoms. The topological polar surface area (TPSA) is 70.3 Å². The van der Waals surface area contributed by atoms with E-state index in [1.54, 1.807) is 6.33 Å². The van der Waals surface area contributed by atoms with Crippen LogP contribution in [0.15, 0.2) is 24.5 Å². The molecule has 5 nitrogen and oxygen atoms in total. The Kier molecular flexibility index (Phi) is 3.07. The number of rotatable bonds is 4. The van der Waals surface area contributed by atoms with Crippen LogP contribution in [0.2, 0.25) is 0 Å². The smallest absolute Gasteiger partial charge is 0.0955 e. The van der Waals surface area contributed by atoms with Crippen LogP contribution in [-0.2, 0) is 7.05 Å². The quantitative estimate of drug-likeness (QED) is 0.696. The van der Waals surface area contributed by atoms with Gasteiger partial charge < -0.3 is 20.1 Å². The van der Waals surface area contributed by atoms with Crippen molar-refractivity contribution < 1.29 is 10.2 Å². The van der Waals surface area contributed by atoms with Gasteiger partial charge in [0, 0.05) is 19.3 Å². The molecule has 86 valence electrons. The minimum Gasteiger partial charge on any atom is -0.394 e. The van der Waals surface area contributed by atoms with Gasteiger partial charge in [-0.2, -0.15) is 0 Å². The highest BCUT2D eigenvalue weighted by Gasteiger charge is 2.03. The van der Waals surface area contributed by atoms with Crippen LogP contribution in [-0.4, -0.2) is 39.0 Å². The van der Waals surface area contributed by atoms with Crippen molar-refractivity contribution in [1.29, 1.82) is 0 Å². The van der Waals surface area contributed by atoms with Crippen molar-refractivity contribution >= 4 is 16.7 Å². The number of aliphatic hydroxyl groups is 2. The second kappa shape index (κ2) is 4.51. The van der Waals surface area contributed by atoms with E-state index < -0.39 is 6.10 Å². The Balaban J connectivity index is 2.14. The van der Waals surface area contributed by atoms with Gasteiger partial charge in [0.1, 0.15) is 0 Å². The molecule has 3 N–H and O–H groups in total. The summed E-state index contributed by atoms with van der Waals surface area (Å²) in [6, 6.07) is 5.81. The normalized spacial score (nSPS) is 12.9. The average molecular weight is 221 g/mol. The predicted molar refractivity (Wildman–Crippen MR) is 62.3 cm³/mol. The number of nitrogens with zero attached hydrogens (tertiary/aromatic N) is 2. The van der Waals surface area contributed by atoms with Gasteiger partial charge >= 0.3 is 0 Å². The van der Waals surface area contributed by atoms with Crippen molar-refractivity contribution in [3.63, 3.8) is 0 Å². The van der Waals surface area contributed by atoms with Crippen molar-refractivity contribution in [2.45, 2.75) is 6.10 Å². The second-order valence-corrected chi connectivity index (χ2v) is 3.78. The molecule has 5 heteroatoms. The van der Waals surface area contributed by atoms with Crippen LogP contribution >= 0.6 is 0 Å². The van der Waals surface area contributed by atoms with Crippen LogP contribution in [0.25, 0.3) is 11.0 Å². The number of aromatic nitrogens is 2. The van der Waals surface area contributed by atoms with E-state index in [1.807, 2.05) is 29.8 Å². The number of fused-ring (bicyclic) bond motifs is 1. The van der Waals surface area contributed by atoms with Gasteiger partial charge in [-0.1, -0.05) is 0 Å². The second-order valence-electron chi connectivity index (χ2n) is 3.78. The number of benzene rings is 1. The molecule has 0 aliphatic heterocycles. The maximum Gasteiger partial charge on any atom is 0.0955 e. The van der Waals surface area contributed by atoms with Gasteiger partial charge in [0.2, 0.25) is 0 Å². The third kappa shape index (κ3) is 2.15. The fourth-order valence-corrected chi connectivity index (χ4v) is 1.55. The van der Waals surface area contributed by atoms with Gasteiger partial charge in [-0.15, -0.1) is 0 Å². The third-order valence-electron chi connectivity index (χ3n) is 2.48. The standard InChI is InChI=1S/C11H15N3O2/c1-14-7-13-10-4-8(2-3-11(10)14)12-5-9(16)6-15/h2-4,7,9,12,15-16H,5-6H2,1H3. The first-order chi connectivity index (χ1) is 7.70. The first-order valence-electron chi connectivity index (χ1n) is 5.14. The fourth-order valence-electron chi connectivity index (χ4n) is 1.55. The molecule has 1 heterocycles. The molecule has 0 aliphatic rings. The average Bonchev–Trinajstić information content (AvgIpc) is 2.67. The number of nitrogens with one attached hydrogen (secondary N) is 1. The van der Waals surface area contributed by atoms with E-state index in [2.05, 4.69) is 10.3 Å². The zero-order valence-corrected chi connectivity index (χ0v) is 9.09. The van der Waals surface area contributed by atoms with Crippen molar-refractivity contribution in [1.82, 2.24) is 9.55 Å². The van der Waals surface area contributed by atoms with E-state index in [9.17, 15) is 5.11 Å². The summed E-state index contributed by atoms with van der Waals surface area (Å²) in [6.07, 6.45) is 1.02. The fraction of sp³-hybridized carbons (Fsp3) is 0.364. The minimum absolute atomic E-state index is 0.237. The van der Waals surface area contributed by atoms with Crippen LogP contribution in [0.5, 0.6) is 0 Å². The summed E-state index contributed by atoms with van der Waals surface area (Å²) in [4.78, 5) is 4.24. The lowest BCUT2D eigenvalue weighted by molar-refractivity contribution is 0.105. The molecular formula is C11H15N3O2. The van der Waals surface area contributed by atoms with Gasteiger partial charge in [-0.3, -0.25) is 0 Å². The van der Waals surface area contributed by atoms with Gasteiger partial charge in [0.05, 0.1) is 30.1 Å². The molecule has 1 aromatic carbocycles. The summed E-state index contributed by atoms with van der Waals surface area (Å²) in [5.74, 6) is 0. The van der Waals surface area contributed by atoms with Gasteiger partial charge in [0.15, 0.2) is 0 Å². The molecule has 1 aromatic heterocycles. The summed E-state index contributed by atoms with van der Waals surface area (Å²) in [6.45, 7) is 0.0909. The largest absolute Gasteiger partial charge is 0.394 e. The Morgan fingerprint density at radius 1 is 1.50 bits per heavy atom. The molecule has 0 bridgehead atoms. The summed E-state index contributed by atoms with van der Waals surface area (Å²) in [7, 11) is 1.94. The molecule has 1 unspecified atom stereocenters. The molecule has 0 saturated carbocycles. The molecule has 0 aliphatic carbocycles. The van der Waals surface area contributed by atoms with Crippen LogP contribution in [0.4, 0.5) is 5.69 Å². The SMILES string of the molecule is Cn1cnc2cc(NCC(O)CO)ccc21. The van der Waals surface area contributed by atoms with E-state index in [4.69, 9.17) is 5.11 Å². The van der Waals surface area contributed by atoms with E-state index in [-0.39, 0.29) is 6.61 Å². The molecule has 0 saturated heterocycles. The lowest BCUT2D eigenvalue weighted by Crippen LogP contribution is -2.22. The molecule has 1 atom stereocenters. The van der Waals surface area contributed by atoms with E-state index in [1.165, 1.54) is 0 Å². The van der Waals surface area contributed by atoms with Crippen molar-refractivity contribution in [3.05, 3.63) is 24.5 Å². The number of aliphatic hydroxyl groups excluding tert-OH is 2.